The van der Waals surface area contributed by atoms with E-state index in [1.165, 1.54) is 24.3 Å². The van der Waals surface area contributed by atoms with Gasteiger partial charge in [0.15, 0.2) is 5.76 Å². The normalized spacial score (nSPS) is 10.6. The summed E-state index contributed by atoms with van der Waals surface area (Å²) in [6.45, 7) is 3.92. The number of aryl methyl sites for hydroxylation is 2. The molecule has 0 atom stereocenters. The summed E-state index contributed by atoms with van der Waals surface area (Å²) in [6, 6.07) is 19.8. The predicted octanol–water partition coefficient (Wildman–Crippen LogP) is 7.08. The molecule has 178 valence electrons. The molecule has 0 saturated heterocycles. The van der Waals surface area contributed by atoms with Crippen molar-refractivity contribution < 1.29 is 23.6 Å². The molecule has 1 amide bonds. The number of nitro benzene ring substituents is 1. The third-order valence-corrected chi connectivity index (χ3v) is 5.20. The molecule has 0 saturated carbocycles. The summed E-state index contributed by atoms with van der Waals surface area (Å²) < 4.78 is 17.0. The molecule has 9 heteroatoms. The van der Waals surface area contributed by atoms with Crippen LogP contribution in [0.3, 0.4) is 0 Å². The Morgan fingerprint density at radius 2 is 1.71 bits per heavy atom. The molecule has 0 aliphatic rings. The van der Waals surface area contributed by atoms with Gasteiger partial charge >= 0.3 is 0 Å². The molecular weight excluding hydrogens is 472 g/mol. The van der Waals surface area contributed by atoms with Crippen LogP contribution in [-0.2, 0) is 6.61 Å². The SMILES string of the molecule is Cc1cc(C)cc(Oc2cc(NC(=O)c3ccc(COc4ccccc4Cl)o3)cc([N+](=O)[O-])c2)c1. The first-order chi connectivity index (χ1) is 16.8. The smallest absolute Gasteiger partial charge is 0.291 e. The fraction of sp³-hybridized carbons (Fsp3) is 0.115. The highest BCUT2D eigenvalue weighted by atomic mass is 35.5. The number of non-ortho nitro benzene ring substituents is 1. The summed E-state index contributed by atoms with van der Waals surface area (Å²) in [6.07, 6.45) is 0. The minimum atomic E-state index is -0.577. The minimum absolute atomic E-state index is 0.0195. The van der Waals surface area contributed by atoms with E-state index in [-0.39, 0.29) is 29.5 Å². The molecule has 4 aromatic rings. The van der Waals surface area contributed by atoms with Crippen LogP contribution in [0.25, 0.3) is 0 Å². The maximum atomic E-state index is 12.7. The van der Waals surface area contributed by atoms with Gasteiger partial charge in [-0.15, -0.1) is 0 Å². The van der Waals surface area contributed by atoms with E-state index in [1.807, 2.05) is 32.0 Å². The van der Waals surface area contributed by atoms with Crippen LogP contribution in [0.4, 0.5) is 11.4 Å². The van der Waals surface area contributed by atoms with Gasteiger partial charge in [-0.25, -0.2) is 0 Å². The summed E-state index contributed by atoms with van der Waals surface area (Å²) in [4.78, 5) is 23.6. The molecule has 3 aromatic carbocycles. The molecular formula is C26H21ClN2O6. The van der Waals surface area contributed by atoms with Crippen LogP contribution in [0, 0.1) is 24.0 Å². The quantitative estimate of drug-likeness (QED) is 0.208. The molecule has 0 fully saturated rings. The fourth-order valence-corrected chi connectivity index (χ4v) is 3.62. The molecule has 0 spiro atoms. The Hall–Kier alpha value is -4.30. The zero-order valence-corrected chi connectivity index (χ0v) is 19.7. The molecule has 0 aliphatic carbocycles. The first-order valence-corrected chi connectivity index (χ1v) is 11.0. The van der Waals surface area contributed by atoms with Crippen molar-refractivity contribution in [1.29, 1.82) is 0 Å². The highest BCUT2D eigenvalue weighted by molar-refractivity contribution is 6.32. The molecule has 0 bridgehead atoms. The average molecular weight is 493 g/mol. The third-order valence-electron chi connectivity index (χ3n) is 4.88. The number of furan rings is 1. The van der Waals surface area contributed by atoms with Gasteiger partial charge in [0.1, 0.15) is 29.6 Å². The van der Waals surface area contributed by atoms with Gasteiger partial charge in [0.2, 0.25) is 0 Å². The lowest BCUT2D eigenvalue weighted by molar-refractivity contribution is -0.384. The van der Waals surface area contributed by atoms with Crippen LogP contribution in [0.15, 0.2) is 77.2 Å². The first kappa shape index (κ1) is 23.8. The minimum Gasteiger partial charge on any atom is -0.484 e. The summed E-state index contributed by atoms with van der Waals surface area (Å²) in [5.74, 6) is 1.09. The van der Waals surface area contributed by atoms with Gasteiger partial charge in [0.05, 0.1) is 21.7 Å². The number of ether oxygens (including phenoxy) is 2. The molecule has 0 unspecified atom stereocenters. The number of carbonyl (C=O) groups is 1. The number of nitro groups is 1. The molecule has 1 aromatic heterocycles. The van der Waals surface area contributed by atoms with Gasteiger partial charge in [-0.3, -0.25) is 14.9 Å². The van der Waals surface area contributed by atoms with Crippen molar-refractivity contribution in [3.63, 3.8) is 0 Å². The average Bonchev–Trinajstić information content (AvgIpc) is 3.27. The Morgan fingerprint density at radius 1 is 1.00 bits per heavy atom. The van der Waals surface area contributed by atoms with E-state index < -0.39 is 10.8 Å². The van der Waals surface area contributed by atoms with E-state index in [0.717, 1.165) is 11.1 Å². The number of carbonyl (C=O) groups excluding carboxylic acids is 1. The van der Waals surface area contributed by atoms with Gasteiger partial charge < -0.3 is 19.2 Å². The lowest BCUT2D eigenvalue weighted by Gasteiger charge is -2.10. The van der Waals surface area contributed by atoms with Crippen molar-refractivity contribution >= 4 is 28.9 Å². The van der Waals surface area contributed by atoms with Crippen molar-refractivity contribution in [2.24, 2.45) is 0 Å². The predicted molar refractivity (Wildman–Crippen MR) is 132 cm³/mol. The van der Waals surface area contributed by atoms with Crippen molar-refractivity contribution in [3.05, 3.63) is 111 Å². The zero-order valence-electron chi connectivity index (χ0n) is 18.9. The van der Waals surface area contributed by atoms with Crippen molar-refractivity contribution in [1.82, 2.24) is 0 Å². The molecule has 0 radical (unpaired) electrons. The van der Waals surface area contributed by atoms with Crippen LogP contribution in [0.1, 0.15) is 27.4 Å². The second-order valence-corrected chi connectivity index (χ2v) is 8.24. The highest BCUT2D eigenvalue weighted by Crippen LogP contribution is 2.31. The Kier molecular flexibility index (Phi) is 7.03. The number of benzene rings is 3. The summed E-state index contributed by atoms with van der Waals surface area (Å²) in [5.41, 5.74) is 1.95. The molecule has 1 heterocycles. The molecule has 8 nitrogen and oxygen atoms in total. The maximum Gasteiger partial charge on any atom is 0.291 e. The Balaban J connectivity index is 1.48. The Morgan fingerprint density at radius 3 is 2.43 bits per heavy atom. The van der Waals surface area contributed by atoms with Crippen molar-refractivity contribution in [2.75, 3.05) is 5.32 Å². The van der Waals surface area contributed by atoms with Gasteiger partial charge in [0.25, 0.3) is 11.6 Å². The number of rotatable bonds is 8. The van der Waals surface area contributed by atoms with Gasteiger partial charge in [-0.05, 0) is 61.4 Å². The van der Waals surface area contributed by atoms with Gasteiger partial charge in [-0.1, -0.05) is 29.8 Å². The number of hydrogen-bond donors (Lipinski definition) is 1. The van der Waals surface area contributed by atoms with Gasteiger partial charge in [-0.2, -0.15) is 0 Å². The van der Waals surface area contributed by atoms with Crippen LogP contribution in [0.5, 0.6) is 17.2 Å². The van der Waals surface area contributed by atoms with Gasteiger partial charge in [0, 0.05) is 12.1 Å². The number of para-hydroxylation sites is 1. The number of nitrogens with zero attached hydrogens (tertiary/aromatic N) is 1. The van der Waals surface area contributed by atoms with E-state index in [4.69, 9.17) is 25.5 Å². The van der Waals surface area contributed by atoms with Crippen molar-refractivity contribution in [2.45, 2.75) is 20.5 Å². The Labute approximate surface area is 206 Å². The van der Waals surface area contributed by atoms with E-state index in [1.54, 1.807) is 30.3 Å². The molecule has 35 heavy (non-hydrogen) atoms. The van der Waals surface area contributed by atoms with Crippen LogP contribution >= 0.6 is 11.6 Å². The van der Waals surface area contributed by atoms with E-state index in [0.29, 0.717) is 22.3 Å². The van der Waals surface area contributed by atoms with E-state index >= 15 is 0 Å². The standard InChI is InChI=1S/C26H21ClN2O6/c1-16-9-17(2)11-21(10-16)34-22-13-18(12-19(14-22)29(31)32)28-26(30)25-8-7-20(35-25)15-33-24-6-4-3-5-23(24)27/h3-14H,15H2,1-2H3,(H,28,30). The number of hydrogen-bond acceptors (Lipinski definition) is 6. The Bertz CT molecular complexity index is 1380. The molecule has 0 aliphatic heterocycles. The lowest BCUT2D eigenvalue weighted by Crippen LogP contribution is -2.11. The third kappa shape index (κ3) is 6.18. The number of halogens is 1. The van der Waals surface area contributed by atoms with Crippen LogP contribution in [0.2, 0.25) is 5.02 Å². The summed E-state index contributed by atoms with van der Waals surface area (Å²) in [7, 11) is 0. The highest BCUT2D eigenvalue weighted by Gasteiger charge is 2.17. The maximum absolute atomic E-state index is 12.7. The zero-order chi connectivity index (χ0) is 24.9. The van der Waals surface area contributed by atoms with Crippen LogP contribution < -0.4 is 14.8 Å². The number of amides is 1. The van der Waals surface area contributed by atoms with E-state index in [9.17, 15) is 14.9 Å². The van der Waals surface area contributed by atoms with Crippen LogP contribution in [-0.4, -0.2) is 10.8 Å². The first-order valence-electron chi connectivity index (χ1n) is 10.6. The fourth-order valence-electron chi connectivity index (χ4n) is 3.43. The largest absolute Gasteiger partial charge is 0.484 e. The second kappa shape index (κ2) is 10.3. The summed E-state index contributed by atoms with van der Waals surface area (Å²) >= 11 is 6.07. The lowest BCUT2D eigenvalue weighted by atomic mass is 10.1. The second-order valence-electron chi connectivity index (χ2n) is 7.84. The van der Waals surface area contributed by atoms with Crippen molar-refractivity contribution in [3.8, 4) is 17.2 Å². The number of nitrogens with one attached hydrogen (secondary N) is 1. The topological polar surface area (TPSA) is 104 Å². The molecule has 4 rings (SSSR count). The monoisotopic (exact) mass is 492 g/mol. The van der Waals surface area contributed by atoms with E-state index in [2.05, 4.69) is 5.32 Å². The summed E-state index contributed by atoms with van der Waals surface area (Å²) in [5, 5.41) is 14.5. The molecule has 1 N–H and O–H groups in total. The number of anilines is 1.